The quantitative estimate of drug-likeness (QED) is 0.0372. The molecule has 12 rings (SSSR count). The van der Waals surface area contributed by atoms with Crippen LogP contribution in [0.2, 0.25) is 0 Å². The highest BCUT2D eigenvalue weighted by molar-refractivity contribution is 7.92. The van der Waals surface area contributed by atoms with E-state index in [0.717, 1.165) is 40.6 Å². The number of sulfonamides is 1. The molecule has 12 aromatic rings. The van der Waals surface area contributed by atoms with E-state index in [-0.39, 0.29) is 67.0 Å². The number of aliphatic hydroxyl groups excluding tert-OH is 1. The van der Waals surface area contributed by atoms with E-state index in [9.17, 15) is 65.1 Å². The van der Waals surface area contributed by atoms with Crippen LogP contribution in [-0.2, 0) is 79.5 Å². The fourth-order valence-corrected chi connectivity index (χ4v) is 14.2. The highest BCUT2D eigenvalue weighted by atomic mass is 32.2. The number of imidazole rings is 3. The molecule has 33 heteroatoms. The number of benzene rings is 5. The Bertz CT molecular complexity index is 5570. The molecule has 2 unspecified atom stereocenters. The molecule has 23 nitrogen and oxygen atoms in total. The van der Waals surface area contributed by atoms with Gasteiger partial charge in [0.2, 0.25) is 10.0 Å². The second kappa shape index (κ2) is 35.4. The number of alkyl halides is 6. The van der Waals surface area contributed by atoms with Crippen LogP contribution in [-0.4, -0.2) is 118 Å². The number of rotatable bonds is 23. The number of aryl methyl sites for hydroxylation is 3. The van der Waals surface area contributed by atoms with Crippen molar-refractivity contribution < 1.29 is 65.1 Å². The lowest BCUT2D eigenvalue weighted by Gasteiger charge is -2.17. The van der Waals surface area contributed by atoms with Gasteiger partial charge in [0.25, 0.3) is 0 Å². The van der Waals surface area contributed by atoms with E-state index in [1.807, 2.05) is 103 Å². The Balaban J connectivity index is 0.000000168. The van der Waals surface area contributed by atoms with E-state index in [0.29, 0.717) is 63.1 Å². The van der Waals surface area contributed by atoms with Gasteiger partial charge in [-0.1, -0.05) is 99.6 Å². The predicted molar refractivity (Wildman–Crippen MR) is 406 cm³/mol. The molecule has 0 saturated heterocycles. The third-order valence-electron chi connectivity index (χ3n) is 16.9. The topological polar surface area (TPSA) is 310 Å². The number of nitrogens with one attached hydrogen (secondary N) is 4. The van der Waals surface area contributed by atoms with Crippen molar-refractivity contribution in [3.8, 4) is 45.0 Å². The monoisotopic (exact) mass is 1570 g/mol. The molecule has 2 atom stereocenters. The Morgan fingerprint density at radius 1 is 0.468 bits per heavy atom. The van der Waals surface area contributed by atoms with Crippen LogP contribution in [0, 0.1) is 0 Å². The summed E-state index contributed by atoms with van der Waals surface area (Å²) in [5, 5.41) is 19.0. The first kappa shape index (κ1) is 82.1. The van der Waals surface area contributed by atoms with Crippen molar-refractivity contribution in [1.82, 2.24) is 53.3 Å². The highest BCUT2D eigenvalue weighted by Crippen LogP contribution is 2.38. The van der Waals surface area contributed by atoms with Crippen molar-refractivity contribution in [2.24, 2.45) is 21.1 Å². The van der Waals surface area contributed by atoms with Crippen LogP contribution >= 0.6 is 0 Å². The van der Waals surface area contributed by atoms with Crippen molar-refractivity contribution in [1.29, 1.82) is 0 Å². The van der Waals surface area contributed by atoms with Crippen LogP contribution in [0.25, 0.3) is 45.0 Å². The number of halogens is 6. The first-order valence-electron chi connectivity index (χ1n) is 33.6. The van der Waals surface area contributed by atoms with Crippen LogP contribution in [0.15, 0.2) is 246 Å². The van der Waals surface area contributed by atoms with Crippen molar-refractivity contribution in [2.75, 3.05) is 46.9 Å². The SMILES string of the molecule is CCS(=O)(=O)c1ccc(Nc2ccc(C(F)(F)F)cn2)c(-c2ccccn2)c1.CCS(=O)(=O)c1ccc(Nc2cccc(C(F)(F)F)n2)c(-c2cn(C)cn2)c1.CCS(=O)(=O)c1cnc(NC(C)c2ccccc2)c(-c2cn(C)cn2)c1.CNS(=O)(=O)c1ccc(CC(CO)c2ccccc2)c(-c2cn(C)cn2)c1. The number of aromatic nitrogens is 10. The van der Waals surface area contributed by atoms with E-state index < -0.39 is 63.1 Å². The van der Waals surface area contributed by atoms with E-state index in [4.69, 9.17) is 0 Å². The van der Waals surface area contributed by atoms with Gasteiger partial charge >= 0.3 is 12.4 Å². The molecule has 7 aromatic heterocycles. The zero-order valence-electron chi connectivity index (χ0n) is 60.1. The minimum Gasteiger partial charge on any atom is -0.396 e. The number of hydrogen-bond donors (Lipinski definition) is 5. The van der Waals surface area contributed by atoms with Gasteiger partial charge in [-0.3, -0.25) is 4.98 Å². The summed E-state index contributed by atoms with van der Waals surface area (Å²) in [5.41, 5.74) is 6.81. The van der Waals surface area contributed by atoms with Gasteiger partial charge in [-0.05, 0) is 128 Å². The lowest BCUT2D eigenvalue weighted by atomic mass is 9.90. The summed E-state index contributed by atoms with van der Waals surface area (Å²) in [4.78, 5) is 29.6. The minimum absolute atomic E-state index is 0.00222. The summed E-state index contributed by atoms with van der Waals surface area (Å²) in [5.74, 6) is 0.604. The number of pyridine rings is 4. The molecule has 0 spiro atoms. The van der Waals surface area contributed by atoms with Crippen molar-refractivity contribution in [3.05, 3.63) is 254 Å². The maximum absolute atomic E-state index is 12.9. The minimum atomic E-state index is -4.57. The molecular weight excluding hydrogens is 1500 g/mol. The summed E-state index contributed by atoms with van der Waals surface area (Å²) in [7, 11) is -6.92. The van der Waals surface area contributed by atoms with Crippen molar-refractivity contribution in [3.63, 3.8) is 0 Å². The maximum Gasteiger partial charge on any atom is 0.433 e. The van der Waals surface area contributed by atoms with Crippen LogP contribution in [0.1, 0.15) is 67.6 Å². The summed E-state index contributed by atoms with van der Waals surface area (Å²) < 4.78 is 182. The first-order valence-corrected chi connectivity index (χ1v) is 40.1. The van der Waals surface area contributed by atoms with E-state index in [2.05, 4.69) is 55.6 Å². The van der Waals surface area contributed by atoms with Gasteiger partial charge in [0.15, 0.2) is 29.5 Å². The van der Waals surface area contributed by atoms with Crippen molar-refractivity contribution >= 4 is 68.4 Å². The van der Waals surface area contributed by atoms with Crippen LogP contribution in [0.5, 0.6) is 0 Å². The molecule has 0 aliphatic rings. The molecule has 5 aromatic carbocycles. The Labute approximate surface area is 628 Å². The summed E-state index contributed by atoms with van der Waals surface area (Å²) >= 11 is 0. The highest BCUT2D eigenvalue weighted by Gasteiger charge is 2.33. The fraction of sp³-hybridized carbons (Fsp3) is 0.224. The van der Waals surface area contributed by atoms with Gasteiger partial charge in [-0.2, -0.15) is 26.3 Å². The average Bonchev–Trinajstić information content (AvgIpc) is 1.75. The molecule has 109 heavy (non-hydrogen) atoms. The molecule has 0 aliphatic carbocycles. The zero-order valence-corrected chi connectivity index (χ0v) is 63.4. The van der Waals surface area contributed by atoms with Gasteiger partial charge < -0.3 is 34.8 Å². The predicted octanol–water partition coefficient (Wildman–Crippen LogP) is 14.5. The van der Waals surface area contributed by atoms with E-state index >= 15 is 0 Å². The van der Waals surface area contributed by atoms with Gasteiger partial charge in [-0.15, -0.1) is 0 Å². The molecule has 0 bridgehead atoms. The Kier molecular flexibility index (Phi) is 26.6. The zero-order chi connectivity index (χ0) is 79.1. The van der Waals surface area contributed by atoms with E-state index in [1.54, 1.807) is 105 Å². The summed E-state index contributed by atoms with van der Waals surface area (Å²) in [6.45, 7) is 6.75. The average molecular weight is 1570 g/mol. The lowest BCUT2D eigenvalue weighted by Crippen LogP contribution is -2.19. The van der Waals surface area contributed by atoms with Gasteiger partial charge in [0.1, 0.15) is 23.1 Å². The molecule has 5 N–H and O–H groups in total. The molecule has 0 saturated carbocycles. The van der Waals surface area contributed by atoms with E-state index in [1.165, 1.54) is 68.7 Å². The Hall–Kier alpha value is -11.0. The van der Waals surface area contributed by atoms with Crippen molar-refractivity contribution in [2.45, 2.75) is 78.0 Å². The Morgan fingerprint density at radius 2 is 0.963 bits per heavy atom. The standard InChI is InChI=1S/C20H23N3O3S.C19H16F3N3O2S.C19H22N4O2S.C18H17F3N4O2S/c1-21-27(25,26)18-9-8-16(19(11-18)20-12-23(2)14-22-20)10-17(13-24)15-6-4-3-5-7-15;1-2-28(26,27)14-7-8-17(15(11-14)16-5-3-4-10-23-16)25-18-9-6-13(12-24-18)19(20,21)22;1-4-26(24,25)16-10-17(18-12-23(3)13-21-18)19(20-11-16)22-14(2)15-8-6-5-7-9-15;1-3-28(26,27)12-7-8-14(13(9-12)15-10-25(2)11-22-15)23-17-6-4-5-16(24-17)18(19,20)21/h3-9,11-12,14,17,21,24H,10,13H2,1-2H3;3-12H,2H2,1H3,(H,24,25);5-14H,4H2,1-3H3,(H,20,22);4-11H,3H2,1-2H3,(H,23,24). The number of sulfone groups is 3. The number of hydrogen-bond acceptors (Lipinski definition) is 19. The summed E-state index contributed by atoms with van der Waals surface area (Å²) in [6, 6.07) is 46.2. The summed E-state index contributed by atoms with van der Waals surface area (Å²) in [6.07, 6.45) is 5.53. The molecular formula is C76H78F6N14O9S4. The third kappa shape index (κ3) is 21.5. The normalized spacial score (nSPS) is 12.4. The molecule has 0 fully saturated rings. The number of aliphatic hydroxyl groups is 1. The maximum atomic E-state index is 12.9. The molecule has 0 amide bonds. The Morgan fingerprint density at radius 3 is 1.45 bits per heavy atom. The second-order valence-electron chi connectivity index (χ2n) is 24.6. The third-order valence-corrected chi connectivity index (χ3v) is 23.5. The number of nitrogens with zero attached hydrogens (tertiary/aromatic N) is 10. The smallest absolute Gasteiger partial charge is 0.396 e. The lowest BCUT2D eigenvalue weighted by molar-refractivity contribution is -0.141. The van der Waals surface area contributed by atoms with Gasteiger partial charge in [0, 0.05) is 104 Å². The largest absolute Gasteiger partial charge is 0.433 e. The van der Waals surface area contributed by atoms with Crippen LogP contribution in [0.3, 0.4) is 0 Å². The molecule has 7 heterocycles. The second-order valence-corrected chi connectivity index (χ2v) is 33.3. The molecule has 0 aliphatic heterocycles. The van der Waals surface area contributed by atoms with Crippen LogP contribution in [0.4, 0.5) is 55.2 Å². The van der Waals surface area contributed by atoms with Crippen LogP contribution < -0.4 is 20.7 Å². The fourth-order valence-electron chi connectivity index (χ4n) is 10.8. The molecule has 0 radical (unpaired) electrons. The number of anilines is 5. The van der Waals surface area contributed by atoms with Gasteiger partial charge in [-0.25, -0.2) is 68.3 Å². The molecule has 572 valence electrons. The van der Waals surface area contributed by atoms with Gasteiger partial charge in [0.05, 0.1) is 90.8 Å². The first-order chi connectivity index (χ1) is 51.6.